The lowest BCUT2D eigenvalue weighted by Crippen LogP contribution is -2.64. The Hall–Kier alpha value is -4.59. The standard InChI is InChI=1S/C76H138N6O33P2/c1-53(87)77-65-71(99)68(96)59(50-84)113-74(65)107-42-23-11-17-29-56(90)26-14-5-8-20-32-62(93)80(35-41-83)38-47-111-117(104,105)112-48-39-82(64(95)34-22-10-7-16-28-58(92)31-19-13-25-44-109-76-67(79-55(3)89)73(101)70(98)61(52-86)115-76)40-49-116(102,103)110-46-37-81(36-45-106-4)63(94)33-21-9-6-15-27-57(91)30-18-12-24-43-108-75-66(78-54(2)88)72(100)69(97)60(51-85)114-75/h59-61,65-76,83-86,96-101H,5-52H2,1-4H3,(H,77,87)(H,78,88)(H,79,89)(H,102,103)(H,104,105). The molecule has 3 aliphatic heterocycles. The van der Waals surface area contributed by atoms with Crippen LogP contribution in [-0.2, 0) is 99.0 Å². The van der Waals surface area contributed by atoms with Gasteiger partial charge in [0.1, 0.15) is 90.4 Å². The quantitative estimate of drug-likeness (QED) is 0.0295. The van der Waals surface area contributed by atoms with E-state index in [1.165, 1.54) is 42.6 Å². The van der Waals surface area contributed by atoms with Crippen LogP contribution >= 0.6 is 15.4 Å². The van der Waals surface area contributed by atoms with Crippen LogP contribution in [0.1, 0.15) is 213 Å². The number of ether oxygens (including phenoxy) is 7. The maximum atomic E-state index is 13.8. The normalized spacial score (nSPS) is 24.4. The Morgan fingerprint density at radius 2 is 0.607 bits per heavy atom. The van der Waals surface area contributed by atoms with E-state index in [2.05, 4.69) is 16.0 Å². The van der Waals surface area contributed by atoms with Crippen LogP contribution in [0.3, 0.4) is 0 Å². The molecule has 117 heavy (non-hydrogen) atoms. The third kappa shape index (κ3) is 44.3. The van der Waals surface area contributed by atoms with Gasteiger partial charge in [0.15, 0.2) is 18.9 Å². The zero-order chi connectivity index (χ0) is 86.7. The van der Waals surface area contributed by atoms with Crippen molar-refractivity contribution in [2.24, 2.45) is 0 Å². The molecule has 3 heterocycles. The third-order valence-corrected chi connectivity index (χ3v) is 22.6. The Kier molecular flexibility index (Phi) is 55.4. The number of nitrogens with one attached hydrogen (secondary N) is 3. The molecule has 3 fully saturated rings. The van der Waals surface area contributed by atoms with E-state index in [0.717, 1.165) is 0 Å². The van der Waals surface area contributed by atoms with Gasteiger partial charge in [-0.2, -0.15) is 0 Å². The number of phosphoric acid groups is 1. The van der Waals surface area contributed by atoms with Gasteiger partial charge in [-0.15, -0.1) is 0 Å². The average molecular weight is 1730 g/mol. The first-order valence-corrected chi connectivity index (χ1v) is 44.7. The highest BCUT2D eigenvalue weighted by Gasteiger charge is 2.48. The van der Waals surface area contributed by atoms with E-state index in [9.17, 15) is 113 Å². The fourth-order valence-corrected chi connectivity index (χ4v) is 15.2. The van der Waals surface area contributed by atoms with Crippen molar-refractivity contribution in [3.8, 4) is 0 Å². The number of aliphatic hydroxyl groups excluding tert-OH is 10. The van der Waals surface area contributed by atoms with Gasteiger partial charge in [0.2, 0.25) is 35.4 Å². The second-order valence-corrected chi connectivity index (χ2v) is 33.3. The van der Waals surface area contributed by atoms with E-state index in [1.54, 1.807) is 0 Å². The molecule has 15 N–H and O–H groups in total. The average Bonchev–Trinajstić information content (AvgIpc) is 0.818. The highest BCUT2D eigenvalue weighted by molar-refractivity contribution is 7.52. The molecule has 3 rings (SSSR count). The highest BCUT2D eigenvalue weighted by atomic mass is 31.2. The number of rotatable bonds is 68. The summed E-state index contributed by atoms with van der Waals surface area (Å²) < 4.78 is 81.7. The Labute approximate surface area is 686 Å². The molecule has 0 aromatic rings. The van der Waals surface area contributed by atoms with E-state index < -0.39 is 177 Å². The van der Waals surface area contributed by atoms with Crippen molar-refractivity contribution < 1.29 is 160 Å². The number of methoxy groups -OCH3 is 1. The van der Waals surface area contributed by atoms with Crippen molar-refractivity contribution in [1.29, 1.82) is 0 Å². The maximum Gasteiger partial charge on any atom is 0.472 e. The summed E-state index contributed by atoms with van der Waals surface area (Å²) >= 11 is 0. The minimum Gasteiger partial charge on any atom is -0.395 e. The number of phosphoric ester groups is 1. The highest BCUT2D eigenvalue weighted by Crippen LogP contribution is 2.44. The number of unbranched alkanes of at least 4 members (excludes halogenated alkanes) is 15. The van der Waals surface area contributed by atoms with Crippen LogP contribution in [0.15, 0.2) is 0 Å². The van der Waals surface area contributed by atoms with Gasteiger partial charge in [-0.25, -0.2) is 4.57 Å². The molecule has 3 aliphatic rings. The van der Waals surface area contributed by atoms with Crippen molar-refractivity contribution in [1.82, 2.24) is 30.7 Å². The maximum absolute atomic E-state index is 13.8. The second-order valence-electron chi connectivity index (χ2n) is 29.9. The Bertz CT molecular complexity index is 2960. The largest absolute Gasteiger partial charge is 0.472 e. The number of ketones is 3. The number of aliphatic hydroxyl groups is 10. The van der Waals surface area contributed by atoms with Crippen LogP contribution < -0.4 is 16.0 Å². The molecule has 0 aromatic heterocycles. The summed E-state index contributed by atoms with van der Waals surface area (Å²) in [5.41, 5.74) is 0. The van der Waals surface area contributed by atoms with Crippen molar-refractivity contribution in [2.45, 2.75) is 305 Å². The van der Waals surface area contributed by atoms with Crippen LogP contribution in [-0.4, -0.2) is 345 Å². The zero-order valence-corrected chi connectivity index (χ0v) is 70.6. The lowest BCUT2D eigenvalue weighted by Gasteiger charge is -2.42. The number of carbonyl (C=O) groups excluding carboxylic acids is 9. The van der Waals surface area contributed by atoms with Gasteiger partial charge in [-0.1, -0.05) is 57.8 Å². The minimum atomic E-state index is -4.84. The number of Topliss-reactive ketones (excluding diaryl/α,β-unsaturated/α-hetero) is 3. The first-order valence-electron chi connectivity index (χ1n) is 41.4. The summed E-state index contributed by atoms with van der Waals surface area (Å²) in [6.45, 7) is -0.0498. The van der Waals surface area contributed by atoms with Crippen molar-refractivity contribution in [3.05, 3.63) is 0 Å². The van der Waals surface area contributed by atoms with E-state index in [-0.39, 0.29) is 121 Å². The topological polar surface area (TPSA) is 569 Å². The molecule has 680 valence electrons. The lowest BCUT2D eigenvalue weighted by molar-refractivity contribution is -0.270. The van der Waals surface area contributed by atoms with Crippen LogP contribution in [0, 0.1) is 0 Å². The predicted molar refractivity (Wildman–Crippen MR) is 419 cm³/mol. The number of hydrogen-bond donors (Lipinski definition) is 15. The summed E-state index contributed by atoms with van der Waals surface area (Å²) in [7, 11) is -7.85. The fourth-order valence-electron chi connectivity index (χ4n) is 13.5. The number of nitrogens with zero attached hydrogens (tertiary/aromatic N) is 3. The molecular weight excluding hydrogens is 1590 g/mol. The van der Waals surface area contributed by atoms with Crippen LogP contribution in [0.25, 0.3) is 0 Å². The Morgan fingerprint density at radius 1 is 0.342 bits per heavy atom. The predicted octanol–water partition coefficient (Wildman–Crippen LogP) is 0.738. The van der Waals surface area contributed by atoms with Crippen molar-refractivity contribution in [2.75, 3.05) is 125 Å². The molecule has 0 radical (unpaired) electrons. The smallest absolute Gasteiger partial charge is 0.395 e. The number of hydrogen-bond acceptors (Lipinski definition) is 31. The first kappa shape index (κ1) is 107. The number of amides is 6. The molecule has 0 spiro atoms. The third-order valence-electron chi connectivity index (χ3n) is 20.2. The van der Waals surface area contributed by atoms with E-state index in [1.807, 2.05) is 0 Å². The van der Waals surface area contributed by atoms with E-state index in [0.29, 0.717) is 173 Å². The monoisotopic (exact) mass is 1720 g/mol. The lowest BCUT2D eigenvalue weighted by atomic mass is 9.97. The molecule has 0 saturated carbocycles. The number of carbonyl (C=O) groups is 9. The van der Waals surface area contributed by atoms with Gasteiger partial charge in [0.25, 0.3) is 0 Å². The van der Waals surface area contributed by atoms with E-state index in [4.69, 9.17) is 46.7 Å². The molecule has 0 aromatic carbocycles. The van der Waals surface area contributed by atoms with E-state index >= 15 is 0 Å². The molecule has 6 amide bonds. The molecular formula is C76H138N6O33P2. The molecule has 17 atom stereocenters. The first-order chi connectivity index (χ1) is 55.8. The minimum absolute atomic E-state index is 0.0341. The summed E-state index contributed by atoms with van der Waals surface area (Å²) in [6.07, 6.45) is -1.52. The van der Waals surface area contributed by atoms with Gasteiger partial charge < -0.3 is 129 Å². The SMILES string of the molecule is COCCN(CCOP(=O)(O)CCN(CCOP(=O)(O)OCCN(CCO)C(=O)CCCCCCC(=O)CCCCCOC1OC(CO)C(O)C(O)C1NC(C)=O)C(=O)CCCCCCC(=O)CCCCCOC1OC(CO)C(O)C(O)C1NC(C)=O)C(=O)CCCCCCC(=O)CCCCCOC1OC(CO)C(O)C(O)C1NC(C)=O. The van der Waals surface area contributed by atoms with Crippen molar-refractivity contribution in [3.63, 3.8) is 0 Å². The van der Waals surface area contributed by atoms with Gasteiger partial charge in [-0.05, 0) is 77.0 Å². The fraction of sp³-hybridized carbons (Fsp3) is 0.882. The Balaban J connectivity index is 1.45. The molecule has 17 unspecified atom stereocenters. The van der Waals surface area contributed by atoms with Gasteiger partial charge in [0, 0.05) is 145 Å². The zero-order valence-electron chi connectivity index (χ0n) is 68.8. The Morgan fingerprint density at radius 3 is 0.889 bits per heavy atom. The summed E-state index contributed by atoms with van der Waals surface area (Å²) in [5.74, 6) is -2.31. The second kappa shape index (κ2) is 60.8. The van der Waals surface area contributed by atoms with Crippen molar-refractivity contribution >= 4 is 68.2 Å². The van der Waals surface area contributed by atoms with Gasteiger partial charge in [-0.3, -0.25) is 56.8 Å². The summed E-state index contributed by atoms with van der Waals surface area (Å²) in [4.78, 5) is 139. The van der Waals surface area contributed by atoms with Crippen LogP contribution in [0.2, 0.25) is 0 Å². The summed E-state index contributed by atoms with van der Waals surface area (Å²) in [6, 6.07) is -3.17. The van der Waals surface area contributed by atoms with Gasteiger partial charge >= 0.3 is 15.4 Å². The van der Waals surface area contributed by atoms with Crippen LogP contribution in [0.5, 0.6) is 0 Å². The molecule has 0 aliphatic carbocycles. The molecule has 39 nitrogen and oxygen atoms in total. The molecule has 41 heteroatoms. The van der Waals surface area contributed by atoms with Gasteiger partial charge in [0.05, 0.1) is 59.0 Å². The van der Waals surface area contributed by atoms with Crippen LogP contribution in [0.4, 0.5) is 0 Å². The molecule has 0 bridgehead atoms. The summed E-state index contributed by atoms with van der Waals surface area (Å²) in [5, 5.41) is 108. The molecule has 3 saturated heterocycles.